The van der Waals surface area contributed by atoms with Gasteiger partial charge in [0.25, 0.3) is 0 Å². The van der Waals surface area contributed by atoms with Crippen LogP contribution in [-0.4, -0.2) is 23.7 Å². The smallest absolute Gasteiger partial charge is 0.321 e. The normalized spacial score (nSPS) is 11.7. The highest BCUT2D eigenvalue weighted by atomic mass is 32.1. The lowest BCUT2D eigenvalue weighted by Gasteiger charge is -2.15. The topological polar surface area (TPSA) is 63.2 Å². The van der Waals surface area contributed by atoms with E-state index in [0.717, 1.165) is 0 Å². The molecule has 1 heterocycles. The van der Waals surface area contributed by atoms with Crippen molar-refractivity contribution in [3.05, 3.63) is 41.7 Å². The molecule has 1 unspecified atom stereocenters. The highest BCUT2D eigenvalue weighted by molar-refractivity contribution is 7.13. The fraction of sp³-hybridized carbons (Fsp3) is 0.231. The van der Waals surface area contributed by atoms with Crippen molar-refractivity contribution in [2.24, 2.45) is 0 Å². The van der Waals surface area contributed by atoms with Crippen molar-refractivity contribution < 1.29 is 13.9 Å². The van der Waals surface area contributed by atoms with Crippen molar-refractivity contribution >= 4 is 22.5 Å². The highest BCUT2D eigenvalue weighted by Gasteiger charge is 2.10. The minimum Gasteiger partial charge on any atom is -0.486 e. The van der Waals surface area contributed by atoms with E-state index in [-0.39, 0.29) is 24.4 Å². The first-order valence-electron chi connectivity index (χ1n) is 6.00. The van der Waals surface area contributed by atoms with E-state index in [1.165, 1.54) is 17.4 Å². The van der Waals surface area contributed by atoms with E-state index >= 15 is 0 Å². The first-order chi connectivity index (χ1) is 9.65. The number of thiazole rings is 1. The summed E-state index contributed by atoms with van der Waals surface area (Å²) in [5, 5.41) is 7.49. The second-order valence-electron chi connectivity index (χ2n) is 4.03. The quantitative estimate of drug-likeness (QED) is 0.891. The Balaban J connectivity index is 1.76. The number of halogens is 1. The zero-order valence-corrected chi connectivity index (χ0v) is 11.6. The number of nitrogens with zero attached hydrogens (tertiary/aromatic N) is 1. The van der Waals surface area contributed by atoms with Crippen molar-refractivity contribution in [3.63, 3.8) is 0 Å². The van der Waals surface area contributed by atoms with Crippen LogP contribution < -0.4 is 15.4 Å². The number of carbonyl (C=O) groups is 1. The van der Waals surface area contributed by atoms with Crippen LogP contribution in [0.1, 0.15) is 6.92 Å². The molecule has 106 valence electrons. The number of nitrogens with one attached hydrogen (secondary N) is 2. The van der Waals surface area contributed by atoms with Gasteiger partial charge in [-0.25, -0.2) is 14.2 Å². The van der Waals surface area contributed by atoms with E-state index in [4.69, 9.17) is 4.74 Å². The van der Waals surface area contributed by atoms with Crippen LogP contribution in [0.15, 0.2) is 35.8 Å². The molecular weight excluding hydrogens is 281 g/mol. The third-order valence-electron chi connectivity index (χ3n) is 2.37. The molecule has 0 fully saturated rings. The Labute approximate surface area is 119 Å². The summed E-state index contributed by atoms with van der Waals surface area (Å²) in [5.74, 6) is -0.256. The number of carbonyl (C=O) groups excluding carboxylic acids is 1. The second kappa shape index (κ2) is 6.85. The van der Waals surface area contributed by atoms with Gasteiger partial charge in [-0.3, -0.25) is 5.32 Å². The molecule has 0 saturated carbocycles. The number of hydrogen-bond acceptors (Lipinski definition) is 4. The summed E-state index contributed by atoms with van der Waals surface area (Å²) in [4.78, 5) is 15.5. The molecule has 0 saturated heterocycles. The number of ether oxygens (including phenoxy) is 1. The largest absolute Gasteiger partial charge is 0.486 e. The number of urea groups is 1. The number of benzene rings is 1. The Bertz CT molecular complexity index is 563. The fourth-order valence-electron chi connectivity index (χ4n) is 1.46. The number of aromatic nitrogens is 1. The van der Waals surface area contributed by atoms with Crippen LogP contribution in [0.2, 0.25) is 0 Å². The van der Waals surface area contributed by atoms with Gasteiger partial charge in [-0.1, -0.05) is 12.1 Å². The minimum absolute atomic E-state index is 0.169. The maximum Gasteiger partial charge on any atom is 0.321 e. The molecule has 2 aromatic rings. The predicted molar refractivity (Wildman–Crippen MR) is 75.6 cm³/mol. The lowest BCUT2D eigenvalue weighted by Crippen LogP contribution is -2.36. The van der Waals surface area contributed by atoms with Crippen LogP contribution in [0, 0.1) is 5.82 Å². The number of anilines is 1. The highest BCUT2D eigenvalue weighted by Crippen LogP contribution is 2.16. The summed E-state index contributed by atoms with van der Waals surface area (Å²) in [6, 6.07) is 5.77. The van der Waals surface area contributed by atoms with Gasteiger partial charge in [-0.15, -0.1) is 11.3 Å². The number of hydrogen-bond donors (Lipinski definition) is 2. The average Bonchev–Trinajstić information content (AvgIpc) is 2.92. The van der Waals surface area contributed by atoms with E-state index < -0.39 is 5.82 Å². The molecule has 0 aliphatic carbocycles. The molecule has 2 amide bonds. The molecule has 1 aromatic carbocycles. The third kappa shape index (κ3) is 4.20. The Morgan fingerprint density at radius 3 is 3.00 bits per heavy atom. The van der Waals surface area contributed by atoms with Gasteiger partial charge in [-0.2, -0.15) is 0 Å². The van der Waals surface area contributed by atoms with E-state index in [9.17, 15) is 9.18 Å². The van der Waals surface area contributed by atoms with Gasteiger partial charge in [0.2, 0.25) is 0 Å². The SMILES string of the molecule is CC(CNC(=O)Nc1nccs1)Oc1ccccc1F. The molecule has 2 rings (SSSR count). The Kier molecular flexibility index (Phi) is 4.89. The van der Waals surface area contributed by atoms with Crippen molar-refractivity contribution in [1.29, 1.82) is 0 Å². The molecule has 7 heteroatoms. The summed E-state index contributed by atoms with van der Waals surface area (Å²) < 4.78 is 18.8. The van der Waals surface area contributed by atoms with Crippen molar-refractivity contribution in [3.8, 4) is 5.75 Å². The zero-order chi connectivity index (χ0) is 14.4. The lowest BCUT2D eigenvalue weighted by atomic mass is 10.3. The van der Waals surface area contributed by atoms with Crippen LogP contribution in [-0.2, 0) is 0 Å². The summed E-state index contributed by atoms with van der Waals surface area (Å²) in [7, 11) is 0. The molecule has 0 radical (unpaired) electrons. The minimum atomic E-state index is -0.424. The van der Waals surface area contributed by atoms with E-state index in [1.54, 1.807) is 36.7 Å². The van der Waals surface area contributed by atoms with Crippen molar-refractivity contribution in [2.75, 3.05) is 11.9 Å². The number of para-hydroxylation sites is 1. The molecule has 5 nitrogen and oxygen atoms in total. The molecule has 2 N–H and O–H groups in total. The number of amides is 2. The van der Waals surface area contributed by atoms with Gasteiger partial charge in [0.1, 0.15) is 6.10 Å². The average molecular weight is 295 g/mol. The standard InChI is InChI=1S/C13H14FN3O2S/c1-9(19-11-5-3-2-4-10(11)14)8-16-12(18)17-13-15-6-7-20-13/h2-7,9H,8H2,1H3,(H2,15,16,17,18). The molecule has 0 aliphatic heterocycles. The van der Waals surface area contributed by atoms with E-state index in [2.05, 4.69) is 15.6 Å². The molecule has 1 aromatic heterocycles. The summed E-state index contributed by atoms with van der Waals surface area (Å²) in [6.07, 6.45) is 1.25. The fourth-order valence-corrected chi connectivity index (χ4v) is 1.99. The third-order valence-corrected chi connectivity index (χ3v) is 3.06. The lowest BCUT2D eigenvalue weighted by molar-refractivity contribution is 0.205. The zero-order valence-electron chi connectivity index (χ0n) is 10.8. The van der Waals surface area contributed by atoms with Gasteiger partial charge in [-0.05, 0) is 19.1 Å². The van der Waals surface area contributed by atoms with Crippen molar-refractivity contribution in [1.82, 2.24) is 10.3 Å². The molecule has 0 bridgehead atoms. The van der Waals surface area contributed by atoms with Crippen LogP contribution in [0.4, 0.5) is 14.3 Å². The molecular formula is C13H14FN3O2S. The van der Waals surface area contributed by atoms with Crippen molar-refractivity contribution in [2.45, 2.75) is 13.0 Å². The Morgan fingerprint density at radius 1 is 1.50 bits per heavy atom. The van der Waals surface area contributed by atoms with E-state index in [0.29, 0.717) is 5.13 Å². The molecule has 20 heavy (non-hydrogen) atoms. The van der Waals surface area contributed by atoms with Gasteiger partial charge in [0, 0.05) is 11.6 Å². The first-order valence-corrected chi connectivity index (χ1v) is 6.88. The van der Waals surface area contributed by atoms with Gasteiger partial charge in [0.15, 0.2) is 16.7 Å². The maximum atomic E-state index is 13.4. The van der Waals surface area contributed by atoms with Crippen LogP contribution in [0.3, 0.4) is 0 Å². The maximum absolute atomic E-state index is 13.4. The Hall–Kier alpha value is -2.15. The second-order valence-corrected chi connectivity index (χ2v) is 4.93. The summed E-state index contributed by atoms with van der Waals surface area (Å²) in [5.41, 5.74) is 0. The summed E-state index contributed by atoms with van der Waals surface area (Å²) in [6.45, 7) is 2.00. The Morgan fingerprint density at radius 2 is 2.30 bits per heavy atom. The van der Waals surface area contributed by atoms with E-state index in [1.807, 2.05) is 0 Å². The number of rotatable bonds is 5. The van der Waals surface area contributed by atoms with Gasteiger partial charge in [0.05, 0.1) is 6.54 Å². The molecule has 0 spiro atoms. The predicted octanol–water partition coefficient (Wildman–Crippen LogP) is 2.87. The monoisotopic (exact) mass is 295 g/mol. The van der Waals surface area contributed by atoms with Crippen LogP contribution >= 0.6 is 11.3 Å². The molecule has 0 aliphatic rings. The van der Waals surface area contributed by atoms with Gasteiger partial charge < -0.3 is 10.1 Å². The first kappa shape index (κ1) is 14.3. The van der Waals surface area contributed by atoms with Crippen LogP contribution in [0.25, 0.3) is 0 Å². The molecule has 1 atom stereocenters. The van der Waals surface area contributed by atoms with Crippen LogP contribution in [0.5, 0.6) is 5.75 Å². The van der Waals surface area contributed by atoms with Gasteiger partial charge >= 0.3 is 6.03 Å². The summed E-state index contributed by atoms with van der Waals surface area (Å²) >= 11 is 1.33.